The molecule has 0 bridgehead atoms. The highest BCUT2D eigenvalue weighted by Gasteiger charge is 2.31. The van der Waals surface area contributed by atoms with Crippen LogP contribution in [0.5, 0.6) is 0 Å². The van der Waals surface area contributed by atoms with E-state index in [1.54, 1.807) is 44.2 Å². The summed E-state index contributed by atoms with van der Waals surface area (Å²) in [5.41, 5.74) is 6.40. The summed E-state index contributed by atoms with van der Waals surface area (Å²) in [6, 6.07) is 4.23. The molecule has 0 aliphatic rings. The third kappa shape index (κ3) is 9.79. The maximum absolute atomic E-state index is 12.9. The summed E-state index contributed by atoms with van der Waals surface area (Å²) in [6.07, 6.45) is -0.354. The van der Waals surface area contributed by atoms with Crippen LogP contribution in [0.25, 0.3) is 0 Å². The van der Waals surface area contributed by atoms with Crippen LogP contribution in [0.2, 0.25) is 0 Å². The van der Waals surface area contributed by atoms with Crippen molar-refractivity contribution in [3.8, 4) is 0 Å². The van der Waals surface area contributed by atoms with E-state index in [-0.39, 0.29) is 25.0 Å². The molecule has 0 aliphatic carbocycles. The molecule has 34 heavy (non-hydrogen) atoms. The Morgan fingerprint density at radius 3 is 1.97 bits per heavy atom. The fourth-order valence-corrected chi connectivity index (χ4v) is 3.24. The van der Waals surface area contributed by atoms with Crippen LogP contribution in [0.1, 0.15) is 32.3 Å². The van der Waals surface area contributed by atoms with Crippen molar-refractivity contribution < 1.29 is 34.2 Å². The normalized spacial score (nSPS) is 14.4. The van der Waals surface area contributed by atoms with Crippen LogP contribution in [-0.4, -0.2) is 69.8 Å². The first-order valence-corrected chi connectivity index (χ1v) is 11.4. The zero-order chi connectivity index (χ0) is 25.8. The van der Waals surface area contributed by atoms with Crippen LogP contribution < -0.4 is 21.7 Å². The number of nitrogens with two attached hydrogens (primary N) is 1. The molecule has 7 N–H and O–H groups in total. The minimum absolute atomic E-state index is 0.0776. The first-order chi connectivity index (χ1) is 16.0. The van der Waals surface area contributed by atoms with Crippen LogP contribution in [0.15, 0.2) is 30.3 Å². The molecule has 3 amide bonds. The zero-order valence-electron chi connectivity index (χ0n) is 19.1. The molecule has 0 aromatic heterocycles. The van der Waals surface area contributed by atoms with Gasteiger partial charge in [-0.2, -0.15) is 12.6 Å². The lowest BCUT2D eigenvalue weighted by Gasteiger charge is -2.25. The molecule has 1 rings (SSSR count). The van der Waals surface area contributed by atoms with E-state index in [2.05, 4.69) is 28.6 Å². The summed E-state index contributed by atoms with van der Waals surface area (Å²) < 4.78 is 0. The van der Waals surface area contributed by atoms with Gasteiger partial charge >= 0.3 is 11.9 Å². The Labute approximate surface area is 203 Å². The molecule has 0 spiro atoms. The average molecular weight is 497 g/mol. The summed E-state index contributed by atoms with van der Waals surface area (Å²) in [5, 5.41) is 25.5. The van der Waals surface area contributed by atoms with E-state index in [0.29, 0.717) is 0 Å². The van der Waals surface area contributed by atoms with Gasteiger partial charge in [0.2, 0.25) is 17.7 Å². The van der Waals surface area contributed by atoms with Crippen LogP contribution in [0.3, 0.4) is 0 Å². The van der Waals surface area contributed by atoms with Gasteiger partial charge in [0.25, 0.3) is 0 Å². The second kappa shape index (κ2) is 14.2. The number of rotatable bonds is 14. The fourth-order valence-electron chi connectivity index (χ4n) is 2.98. The highest BCUT2D eigenvalue weighted by Crippen LogP contribution is 2.07. The molecule has 0 aliphatic heterocycles. The Hall–Kier alpha value is -3.12. The number of nitrogens with one attached hydrogen (secondary N) is 3. The second-order valence-electron chi connectivity index (χ2n) is 8.10. The third-order valence-corrected chi connectivity index (χ3v) is 5.33. The van der Waals surface area contributed by atoms with E-state index < -0.39 is 59.7 Å². The number of benzene rings is 1. The van der Waals surface area contributed by atoms with Gasteiger partial charge in [-0.1, -0.05) is 44.2 Å². The summed E-state index contributed by atoms with van der Waals surface area (Å²) in [5.74, 6) is -4.97. The van der Waals surface area contributed by atoms with E-state index >= 15 is 0 Å². The first-order valence-electron chi connectivity index (χ1n) is 10.7. The largest absolute Gasteiger partial charge is 0.481 e. The van der Waals surface area contributed by atoms with Gasteiger partial charge in [0, 0.05) is 18.6 Å². The third-order valence-electron chi connectivity index (χ3n) is 4.97. The Kier molecular flexibility index (Phi) is 12.1. The lowest BCUT2D eigenvalue weighted by Crippen LogP contribution is -2.58. The average Bonchev–Trinajstić information content (AvgIpc) is 2.78. The van der Waals surface area contributed by atoms with Gasteiger partial charge in [-0.15, -0.1) is 0 Å². The maximum atomic E-state index is 12.9. The van der Waals surface area contributed by atoms with Gasteiger partial charge in [0.1, 0.15) is 18.1 Å². The standard InChI is InChI=1S/C22H32N4O7S/c1-12(2)18(22(32)33)26-20(30)15(10-13-6-4-3-5-7-13)24-21(31)16(11-34)25-19(29)14(23)8-9-17(27)28/h3-7,12,14-16,18,34H,8-11,23H2,1-2H3,(H,24,31)(H,25,29)(H,26,30)(H,27,28)(H,32,33). The number of carboxylic acids is 2. The molecule has 12 heteroatoms. The molecular formula is C22H32N4O7S. The van der Waals surface area contributed by atoms with E-state index in [9.17, 15) is 29.1 Å². The molecular weight excluding hydrogens is 464 g/mol. The molecule has 0 saturated carbocycles. The number of hydrogen-bond donors (Lipinski definition) is 7. The first kappa shape index (κ1) is 28.9. The molecule has 188 valence electrons. The minimum Gasteiger partial charge on any atom is -0.481 e. The van der Waals surface area contributed by atoms with Gasteiger partial charge in [-0.3, -0.25) is 19.2 Å². The second-order valence-corrected chi connectivity index (χ2v) is 8.47. The molecule has 4 unspecified atom stereocenters. The monoisotopic (exact) mass is 496 g/mol. The Morgan fingerprint density at radius 1 is 0.912 bits per heavy atom. The summed E-state index contributed by atoms with van der Waals surface area (Å²) in [7, 11) is 0. The maximum Gasteiger partial charge on any atom is 0.326 e. The number of thiol groups is 1. The lowest BCUT2D eigenvalue weighted by atomic mass is 10.0. The van der Waals surface area contributed by atoms with Crippen molar-refractivity contribution in [2.24, 2.45) is 11.7 Å². The van der Waals surface area contributed by atoms with E-state index in [0.717, 1.165) is 5.56 Å². The Balaban J connectivity index is 2.97. The molecule has 0 fully saturated rings. The van der Waals surface area contributed by atoms with E-state index in [1.165, 1.54) is 0 Å². The van der Waals surface area contributed by atoms with Crippen LogP contribution >= 0.6 is 12.6 Å². The molecule has 1 aromatic rings. The Morgan fingerprint density at radius 2 is 1.47 bits per heavy atom. The number of aliphatic carboxylic acids is 2. The van der Waals surface area contributed by atoms with Crippen molar-refractivity contribution in [2.75, 3.05) is 5.75 Å². The predicted octanol–water partition coefficient (Wildman–Crippen LogP) is -0.454. The summed E-state index contributed by atoms with van der Waals surface area (Å²) in [4.78, 5) is 60.2. The van der Waals surface area contributed by atoms with Crippen molar-refractivity contribution in [1.82, 2.24) is 16.0 Å². The Bertz CT molecular complexity index is 866. The SMILES string of the molecule is CC(C)C(NC(=O)C(Cc1ccccc1)NC(=O)C(CS)NC(=O)C(N)CCC(=O)O)C(=O)O. The van der Waals surface area contributed by atoms with Gasteiger partial charge in [-0.05, 0) is 17.9 Å². The van der Waals surface area contributed by atoms with Crippen molar-refractivity contribution in [3.63, 3.8) is 0 Å². The summed E-state index contributed by atoms with van der Waals surface area (Å²) >= 11 is 4.08. The van der Waals surface area contributed by atoms with Crippen molar-refractivity contribution in [3.05, 3.63) is 35.9 Å². The summed E-state index contributed by atoms with van der Waals surface area (Å²) in [6.45, 7) is 3.29. The van der Waals surface area contributed by atoms with E-state index in [1.807, 2.05) is 0 Å². The minimum atomic E-state index is -1.20. The smallest absolute Gasteiger partial charge is 0.326 e. The molecule has 11 nitrogen and oxygen atoms in total. The van der Waals surface area contributed by atoms with Gasteiger partial charge in [-0.25, -0.2) is 4.79 Å². The highest BCUT2D eigenvalue weighted by atomic mass is 32.1. The number of carbonyl (C=O) groups excluding carboxylic acids is 3. The quantitative estimate of drug-likeness (QED) is 0.169. The molecule has 0 radical (unpaired) electrons. The van der Waals surface area contributed by atoms with Crippen LogP contribution in [0.4, 0.5) is 0 Å². The molecule has 0 heterocycles. The fraction of sp³-hybridized carbons (Fsp3) is 0.500. The molecule has 0 saturated heterocycles. The van der Waals surface area contributed by atoms with E-state index in [4.69, 9.17) is 10.8 Å². The predicted molar refractivity (Wildman–Crippen MR) is 127 cm³/mol. The topological polar surface area (TPSA) is 188 Å². The van der Waals surface area contributed by atoms with Gasteiger partial charge in [0.05, 0.1) is 6.04 Å². The van der Waals surface area contributed by atoms with Crippen molar-refractivity contribution in [1.29, 1.82) is 0 Å². The highest BCUT2D eigenvalue weighted by molar-refractivity contribution is 7.80. The lowest BCUT2D eigenvalue weighted by molar-refractivity contribution is -0.143. The van der Waals surface area contributed by atoms with Crippen molar-refractivity contribution in [2.45, 2.75) is 57.3 Å². The number of carboxylic acid groups (broad SMARTS) is 2. The number of carbonyl (C=O) groups is 5. The molecule has 4 atom stereocenters. The molecule has 1 aromatic carbocycles. The number of amides is 3. The van der Waals surface area contributed by atoms with Gasteiger partial charge in [0.15, 0.2) is 0 Å². The van der Waals surface area contributed by atoms with Crippen molar-refractivity contribution >= 4 is 42.3 Å². The van der Waals surface area contributed by atoms with Gasteiger partial charge < -0.3 is 31.9 Å². The van der Waals surface area contributed by atoms with Crippen LogP contribution in [0, 0.1) is 5.92 Å². The number of hydrogen-bond acceptors (Lipinski definition) is 7. The zero-order valence-corrected chi connectivity index (χ0v) is 20.0. The van der Waals surface area contributed by atoms with Crippen LogP contribution in [-0.2, 0) is 30.4 Å².